The van der Waals surface area contributed by atoms with Crippen LogP contribution in [0.3, 0.4) is 0 Å². The fourth-order valence-electron chi connectivity index (χ4n) is 3.06. The lowest BCUT2D eigenvalue weighted by Gasteiger charge is -2.29. The van der Waals surface area contributed by atoms with Gasteiger partial charge in [-0.05, 0) is 35.1 Å². The molecule has 2 rings (SSSR count). The van der Waals surface area contributed by atoms with Crippen molar-refractivity contribution in [2.75, 3.05) is 14.2 Å². The van der Waals surface area contributed by atoms with Gasteiger partial charge in [0.1, 0.15) is 5.75 Å². The van der Waals surface area contributed by atoms with Gasteiger partial charge < -0.3 is 9.47 Å². The Balaban J connectivity index is 2.35. The summed E-state index contributed by atoms with van der Waals surface area (Å²) in [5.41, 5.74) is 2.26. The lowest BCUT2D eigenvalue weighted by atomic mass is 9.75. The molecule has 0 aliphatic carbocycles. The predicted octanol–water partition coefficient (Wildman–Crippen LogP) is 4.81. The van der Waals surface area contributed by atoms with Crippen molar-refractivity contribution in [3.05, 3.63) is 65.7 Å². The Bertz CT molecular complexity index is 662. The summed E-state index contributed by atoms with van der Waals surface area (Å²) in [5, 5.41) is 0. The minimum atomic E-state index is -0.170. The molecule has 0 aliphatic heterocycles. The van der Waals surface area contributed by atoms with Crippen LogP contribution in [0.15, 0.2) is 54.6 Å². The molecule has 0 N–H and O–H groups in total. The first-order valence-corrected chi connectivity index (χ1v) is 8.21. The zero-order valence-corrected chi connectivity index (χ0v) is 14.9. The van der Waals surface area contributed by atoms with Crippen molar-refractivity contribution in [2.45, 2.75) is 32.6 Å². The van der Waals surface area contributed by atoms with Crippen LogP contribution < -0.4 is 4.74 Å². The van der Waals surface area contributed by atoms with E-state index in [2.05, 4.69) is 50.2 Å². The van der Waals surface area contributed by atoms with Crippen molar-refractivity contribution in [1.29, 1.82) is 0 Å². The highest BCUT2D eigenvalue weighted by Gasteiger charge is 2.28. The van der Waals surface area contributed by atoms with Crippen LogP contribution in [0.2, 0.25) is 0 Å². The second-order valence-corrected chi connectivity index (χ2v) is 6.86. The average Bonchev–Trinajstić information content (AvgIpc) is 2.60. The summed E-state index contributed by atoms with van der Waals surface area (Å²) < 4.78 is 10.2. The lowest BCUT2D eigenvalue weighted by Crippen LogP contribution is -2.21. The first-order valence-electron chi connectivity index (χ1n) is 8.21. The maximum atomic E-state index is 11.7. The number of hydrogen-bond donors (Lipinski definition) is 0. The minimum absolute atomic E-state index is 0.169. The monoisotopic (exact) mass is 326 g/mol. The number of carbonyl (C=O) groups is 1. The third-order valence-electron chi connectivity index (χ3n) is 4.31. The highest BCUT2D eigenvalue weighted by Crippen LogP contribution is 2.39. The summed E-state index contributed by atoms with van der Waals surface area (Å²) in [7, 11) is 3.12. The van der Waals surface area contributed by atoms with Gasteiger partial charge >= 0.3 is 5.97 Å². The van der Waals surface area contributed by atoms with E-state index in [1.165, 1.54) is 18.2 Å². The molecule has 0 unspecified atom stereocenters. The van der Waals surface area contributed by atoms with Crippen molar-refractivity contribution in [3.8, 4) is 5.75 Å². The largest absolute Gasteiger partial charge is 0.497 e. The van der Waals surface area contributed by atoms with Gasteiger partial charge in [-0.2, -0.15) is 0 Å². The van der Waals surface area contributed by atoms with Crippen LogP contribution >= 0.6 is 0 Å². The molecule has 0 saturated carbocycles. The van der Waals surface area contributed by atoms with Crippen LogP contribution in [-0.2, 0) is 9.53 Å². The summed E-state index contributed by atoms with van der Waals surface area (Å²) >= 11 is 0. The van der Waals surface area contributed by atoms with Crippen LogP contribution in [0.5, 0.6) is 5.75 Å². The third-order valence-corrected chi connectivity index (χ3v) is 4.31. The second kappa shape index (κ2) is 8.00. The summed E-state index contributed by atoms with van der Waals surface area (Å²) in [6.07, 6.45) is 1.25. The van der Waals surface area contributed by atoms with E-state index in [0.29, 0.717) is 6.42 Å². The molecule has 1 atom stereocenters. The topological polar surface area (TPSA) is 35.5 Å². The number of benzene rings is 2. The molecule has 0 amide bonds. The number of ether oxygens (including phenoxy) is 2. The SMILES string of the molecule is COC(=O)CC(C)(C)C[C@@H](c1ccccc1)c1cccc(OC)c1. The number of methoxy groups -OCH3 is 2. The average molecular weight is 326 g/mol. The Morgan fingerprint density at radius 3 is 2.29 bits per heavy atom. The van der Waals surface area contributed by atoms with E-state index < -0.39 is 0 Å². The molecule has 3 nitrogen and oxygen atoms in total. The summed E-state index contributed by atoms with van der Waals surface area (Å²) in [5.74, 6) is 0.873. The highest BCUT2D eigenvalue weighted by molar-refractivity contribution is 5.70. The number of hydrogen-bond acceptors (Lipinski definition) is 3. The van der Waals surface area contributed by atoms with Gasteiger partial charge in [0.05, 0.1) is 20.6 Å². The van der Waals surface area contributed by atoms with E-state index in [1.807, 2.05) is 18.2 Å². The maximum absolute atomic E-state index is 11.7. The van der Waals surface area contributed by atoms with Gasteiger partial charge in [0.2, 0.25) is 0 Å². The molecule has 3 heteroatoms. The quantitative estimate of drug-likeness (QED) is 0.685. The molecule has 24 heavy (non-hydrogen) atoms. The van der Waals surface area contributed by atoms with E-state index in [0.717, 1.165) is 12.2 Å². The van der Waals surface area contributed by atoms with Gasteiger partial charge in [-0.15, -0.1) is 0 Å². The molecule has 2 aromatic rings. The molecule has 0 radical (unpaired) electrons. The molecule has 0 bridgehead atoms. The molecule has 128 valence electrons. The minimum Gasteiger partial charge on any atom is -0.497 e. The first-order chi connectivity index (χ1) is 11.4. The molecular formula is C21H26O3. The molecule has 0 heterocycles. The molecule has 0 saturated heterocycles. The van der Waals surface area contributed by atoms with Crippen molar-refractivity contribution in [3.63, 3.8) is 0 Å². The smallest absolute Gasteiger partial charge is 0.306 e. The van der Waals surface area contributed by atoms with Gasteiger partial charge in [0.25, 0.3) is 0 Å². The molecule has 2 aromatic carbocycles. The maximum Gasteiger partial charge on any atom is 0.306 e. The van der Waals surface area contributed by atoms with E-state index in [9.17, 15) is 4.79 Å². The van der Waals surface area contributed by atoms with Crippen molar-refractivity contribution in [2.24, 2.45) is 5.41 Å². The van der Waals surface area contributed by atoms with Crippen LogP contribution in [0.25, 0.3) is 0 Å². The van der Waals surface area contributed by atoms with Crippen LogP contribution in [0.1, 0.15) is 43.7 Å². The second-order valence-electron chi connectivity index (χ2n) is 6.86. The molecule has 0 fully saturated rings. The summed E-state index contributed by atoms with van der Waals surface area (Å²) in [6.45, 7) is 4.22. The van der Waals surface area contributed by atoms with Gasteiger partial charge in [0.15, 0.2) is 0 Å². The highest BCUT2D eigenvalue weighted by atomic mass is 16.5. The summed E-state index contributed by atoms with van der Waals surface area (Å²) in [6, 6.07) is 18.6. The van der Waals surface area contributed by atoms with E-state index in [-0.39, 0.29) is 17.3 Å². The zero-order chi connectivity index (χ0) is 17.6. The molecule has 0 aromatic heterocycles. The van der Waals surface area contributed by atoms with Crippen molar-refractivity contribution < 1.29 is 14.3 Å². The van der Waals surface area contributed by atoms with Crippen LogP contribution in [0, 0.1) is 5.41 Å². The Hall–Kier alpha value is -2.29. The van der Waals surface area contributed by atoms with Crippen molar-refractivity contribution >= 4 is 5.97 Å². The number of esters is 1. The third kappa shape index (κ3) is 4.85. The fraction of sp³-hybridized carbons (Fsp3) is 0.381. The Morgan fingerprint density at radius 1 is 1.00 bits per heavy atom. The summed E-state index contributed by atoms with van der Waals surface area (Å²) in [4.78, 5) is 11.7. The fourth-order valence-corrected chi connectivity index (χ4v) is 3.06. The Labute approximate surface area is 144 Å². The predicted molar refractivity (Wildman–Crippen MR) is 96.3 cm³/mol. The Morgan fingerprint density at radius 2 is 1.67 bits per heavy atom. The van der Waals surface area contributed by atoms with Crippen LogP contribution in [-0.4, -0.2) is 20.2 Å². The zero-order valence-electron chi connectivity index (χ0n) is 14.9. The van der Waals surface area contributed by atoms with Gasteiger partial charge in [0, 0.05) is 5.92 Å². The molecular weight excluding hydrogens is 300 g/mol. The van der Waals surface area contributed by atoms with Gasteiger partial charge in [-0.1, -0.05) is 56.3 Å². The van der Waals surface area contributed by atoms with Crippen LogP contribution in [0.4, 0.5) is 0 Å². The van der Waals surface area contributed by atoms with Gasteiger partial charge in [-0.3, -0.25) is 4.79 Å². The molecule has 0 aliphatic rings. The number of carbonyl (C=O) groups excluding carboxylic acids is 1. The lowest BCUT2D eigenvalue weighted by molar-refractivity contribution is -0.143. The van der Waals surface area contributed by atoms with E-state index in [1.54, 1.807) is 7.11 Å². The van der Waals surface area contributed by atoms with E-state index in [4.69, 9.17) is 9.47 Å². The van der Waals surface area contributed by atoms with Crippen molar-refractivity contribution in [1.82, 2.24) is 0 Å². The first kappa shape index (κ1) is 18.1. The van der Waals surface area contributed by atoms with Gasteiger partial charge in [-0.25, -0.2) is 0 Å². The standard InChI is InChI=1S/C21H26O3/c1-21(2,15-20(22)24-4)14-19(16-9-6-5-7-10-16)17-11-8-12-18(13-17)23-3/h5-13,19H,14-15H2,1-4H3/t19-/m0/s1. The van der Waals surface area contributed by atoms with E-state index >= 15 is 0 Å². The Kier molecular flexibility index (Phi) is 6.02. The normalized spacial score (nSPS) is 12.5. The molecule has 0 spiro atoms. The number of rotatable bonds is 7.